The number of nitrogens with two attached hydrogens (primary N) is 2. The number of amides is 2. The molecule has 0 aliphatic carbocycles. The van der Waals surface area contributed by atoms with Crippen LogP contribution in [-0.4, -0.2) is 48.9 Å². The number of likely N-dealkylation sites (N-methyl/N-ethyl adjacent to an activating group) is 1. The van der Waals surface area contributed by atoms with Crippen molar-refractivity contribution in [3.8, 4) is 0 Å². The molecule has 0 unspecified atom stereocenters. The molecular formula is C29H42N4O4. The second-order valence-corrected chi connectivity index (χ2v) is 9.44. The first kappa shape index (κ1) is 30.0. The Balaban J connectivity index is 1.62. The lowest BCUT2D eigenvalue weighted by atomic mass is 10.0. The Morgan fingerprint density at radius 3 is 2.30 bits per heavy atom. The topological polar surface area (TPSA) is 128 Å². The zero-order valence-corrected chi connectivity index (χ0v) is 22.0. The quantitative estimate of drug-likeness (QED) is 0.235. The summed E-state index contributed by atoms with van der Waals surface area (Å²) in [6, 6.07) is 17.8. The highest BCUT2D eigenvalue weighted by Gasteiger charge is 2.18. The lowest BCUT2D eigenvalue weighted by molar-refractivity contribution is -0.158. The molecule has 0 fully saturated rings. The van der Waals surface area contributed by atoms with E-state index in [1.165, 1.54) is 16.0 Å². The molecule has 8 heteroatoms. The van der Waals surface area contributed by atoms with Gasteiger partial charge in [0.2, 0.25) is 5.91 Å². The summed E-state index contributed by atoms with van der Waals surface area (Å²) in [5.74, 6) is -1.09. The number of benzene rings is 2. The molecule has 2 aromatic carbocycles. The van der Waals surface area contributed by atoms with Crippen LogP contribution in [0.1, 0.15) is 61.6 Å². The van der Waals surface area contributed by atoms with Gasteiger partial charge in [-0.15, -0.1) is 0 Å². The van der Waals surface area contributed by atoms with Gasteiger partial charge in [-0.1, -0.05) is 61.0 Å². The van der Waals surface area contributed by atoms with E-state index in [-0.39, 0.29) is 24.7 Å². The van der Waals surface area contributed by atoms with Gasteiger partial charge in [0.1, 0.15) is 0 Å². The summed E-state index contributed by atoms with van der Waals surface area (Å²) in [5, 5.41) is 0. The number of nitrogens with one attached hydrogen (secondary N) is 1. The van der Waals surface area contributed by atoms with E-state index in [4.69, 9.17) is 16.3 Å². The Morgan fingerprint density at radius 2 is 1.57 bits per heavy atom. The third-order valence-corrected chi connectivity index (χ3v) is 6.20. The number of carbonyl (C=O) groups excluding carboxylic acids is 3. The SMILES string of the molecule is CN(CCCC(=O)ONC(=O)Cc1cccc(CCCCc2ccccc2)c1)C(=O)[C@@H](N)CCCCN. The molecule has 0 saturated carbocycles. The summed E-state index contributed by atoms with van der Waals surface area (Å²) in [6.07, 6.45) is 7.05. The number of rotatable bonds is 16. The van der Waals surface area contributed by atoms with Crippen LogP contribution in [0.25, 0.3) is 0 Å². The van der Waals surface area contributed by atoms with Gasteiger partial charge in [-0.2, -0.15) is 5.48 Å². The smallest absolute Gasteiger partial charge is 0.332 e. The molecular weight excluding hydrogens is 468 g/mol. The monoisotopic (exact) mass is 510 g/mol. The van der Waals surface area contributed by atoms with E-state index in [1.807, 2.05) is 24.3 Å². The molecule has 0 aromatic heterocycles. The number of hydrogen-bond acceptors (Lipinski definition) is 6. The number of carbonyl (C=O) groups is 3. The first-order valence-electron chi connectivity index (χ1n) is 13.2. The fourth-order valence-corrected chi connectivity index (χ4v) is 4.07. The van der Waals surface area contributed by atoms with E-state index in [2.05, 4.69) is 35.8 Å². The summed E-state index contributed by atoms with van der Waals surface area (Å²) < 4.78 is 0. The van der Waals surface area contributed by atoms with Crippen LogP contribution in [0.2, 0.25) is 0 Å². The molecule has 0 bridgehead atoms. The summed E-state index contributed by atoms with van der Waals surface area (Å²) in [5.41, 5.74) is 17.0. The molecule has 5 N–H and O–H groups in total. The maximum Gasteiger partial charge on any atom is 0.332 e. The highest BCUT2D eigenvalue weighted by Crippen LogP contribution is 2.12. The maximum atomic E-state index is 12.3. The zero-order valence-electron chi connectivity index (χ0n) is 22.0. The Morgan fingerprint density at radius 1 is 0.892 bits per heavy atom. The van der Waals surface area contributed by atoms with Crippen LogP contribution in [-0.2, 0) is 38.5 Å². The van der Waals surface area contributed by atoms with Crippen molar-refractivity contribution in [2.45, 2.75) is 70.3 Å². The van der Waals surface area contributed by atoms with Crippen molar-refractivity contribution in [1.82, 2.24) is 10.4 Å². The number of unbranched alkanes of at least 4 members (excludes halogenated alkanes) is 2. The molecule has 2 amide bonds. The van der Waals surface area contributed by atoms with Crippen molar-refractivity contribution < 1.29 is 19.2 Å². The van der Waals surface area contributed by atoms with Crippen LogP contribution < -0.4 is 16.9 Å². The lowest BCUT2D eigenvalue weighted by Crippen LogP contribution is -2.42. The molecule has 8 nitrogen and oxygen atoms in total. The average molecular weight is 511 g/mol. The van der Waals surface area contributed by atoms with E-state index >= 15 is 0 Å². The van der Waals surface area contributed by atoms with Gasteiger partial charge in [0.05, 0.1) is 12.5 Å². The van der Waals surface area contributed by atoms with Crippen LogP contribution in [0.15, 0.2) is 54.6 Å². The molecule has 202 valence electrons. The molecule has 0 radical (unpaired) electrons. The van der Waals surface area contributed by atoms with Crippen molar-refractivity contribution in [3.63, 3.8) is 0 Å². The molecule has 0 aliphatic heterocycles. The minimum atomic E-state index is -0.560. The minimum Gasteiger partial charge on any atom is -0.344 e. The maximum absolute atomic E-state index is 12.3. The van der Waals surface area contributed by atoms with Crippen LogP contribution in [0.5, 0.6) is 0 Å². The van der Waals surface area contributed by atoms with Crippen LogP contribution >= 0.6 is 0 Å². The predicted molar refractivity (Wildman–Crippen MR) is 145 cm³/mol. The van der Waals surface area contributed by atoms with E-state index in [1.54, 1.807) is 7.05 Å². The number of hydrogen-bond donors (Lipinski definition) is 3. The standard InChI is InChI=1S/C29H42N4O4/c1-33(29(36)26(31)17-7-8-19-30)20-10-18-28(35)37-32-27(34)22-25-16-9-15-24(21-25)14-6-5-13-23-11-3-2-4-12-23/h2-4,9,11-12,15-16,21,26H,5-8,10,13-14,17-20,22,30-31H2,1H3,(H,32,34)/t26-/m0/s1. The number of nitrogens with zero attached hydrogens (tertiary/aromatic N) is 1. The Bertz CT molecular complexity index is 967. The van der Waals surface area contributed by atoms with Gasteiger partial charge in [0, 0.05) is 20.0 Å². The van der Waals surface area contributed by atoms with Crippen LogP contribution in [0, 0.1) is 0 Å². The molecule has 2 aromatic rings. The van der Waals surface area contributed by atoms with E-state index < -0.39 is 12.0 Å². The molecule has 1 atom stereocenters. The van der Waals surface area contributed by atoms with Crippen molar-refractivity contribution in [2.75, 3.05) is 20.1 Å². The van der Waals surface area contributed by atoms with Crippen molar-refractivity contribution in [1.29, 1.82) is 0 Å². The molecule has 0 heterocycles. The van der Waals surface area contributed by atoms with Gasteiger partial charge < -0.3 is 21.2 Å². The van der Waals surface area contributed by atoms with Crippen LogP contribution in [0.4, 0.5) is 0 Å². The third kappa shape index (κ3) is 12.5. The highest BCUT2D eigenvalue weighted by molar-refractivity contribution is 5.81. The van der Waals surface area contributed by atoms with Gasteiger partial charge in [-0.25, -0.2) is 4.79 Å². The largest absolute Gasteiger partial charge is 0.344 e. The summed E-state index contributed by atoms with van der Waals surface area (Å²) in [4.78, 5) is 42.9. The molecule has 37 heavy (non-hydrogen) atoms. The number of aryl methyl sites for hydroxylation is 2. The zero-order chi connectivity index (χ0) is 26.9. The normalized spacial score (nSPS) is 11.5. The molecule has 0 aliphatic rings. The van der Waals surface area contributed by atoms with E-state index in [0.717, 1.165) is 44.1 Å². The lowest BCUT2D eigenvalue weighted by Gasteiger charge is -2.21. The fourth-order valence-electron chi connectivity index (χ4n) is 4.07. The van der Waals surface area contributed by atoms with E-state index in [9.17, 15) is 14.4 Å². The van der Waals surface area contributed by atoms with E-state index in [0.29, 0.717) is 25.9 Å². The summed E-state index contributed by atoms with van der Waals surface area (Å²) in [6.45, 7) is 0.960. The van der Waals surface area contributed by atoms with Crippen molar-refractivity contribution >= 4 is 17.8 Å². The van der Waals surface area contributed by atoms with Crippen LogP contribution in [0.3, 0.4) is 0 Å². The first-order valence-corrected chi connectivity index (χ1v) is 13.2. The molecule has 0 spiro atoms. The third-order valence-electron chi connectivity index (χ3n) is 6.20. The summed E-state index contributed by atoms with van der Waals surface area (Å²) >= 11 is 0. The molecule has 2 rings (SSSR count). The Hall–Kier alpha value is -3.23. The Kier molecular flexibility index (Phi) is 14.0. The fraction of sp³-hybridized carbons (Fsp3) is 0.483. The van der Waals surface area contributed by atoms with Gasteiger partial charge in [-0.3, -0.25) is 9.59 Å². The van der Waals surface area contributed by atoms with Gasteiger partial charge in [0.15, 0.2) is 0 Å². The van der Waals surface area contributed by atoms with Gasteiger partial charge in [-0.05, 0) is 68.2 Å². The molecule has 0 saturated heterocycles. The highest BCUT2D eigenvalue weighted by atomic mass is 16.7. The van der Waals surface area contributed by atoms with Crippen molar-refractivity contribution in [2.24, 2.45) is 11.5 Å². The average Bonchev–Trinajstić information content (AvgIpc) is 2.90. The Labute approximate surface area is 220 Å². The van der Waals surface area contributed by atoms with Gasteiger partial charge in [0.25, 0.3) is 5.91 Å². The van der Waals surface area contributed by atoms with Crippen molar-refractivity contribution in [3.05, 3.63) is 71.3 Å². The predicted octanol–water partition coefficient (Wildman–Crippen LogP) is 3.06. The second-order valence-electron chi connectivity index (χ2n) is 9.44. The van der Waals surface area contributed by atoms with Gasteiger partial charge >= 0.3 is 5.97 Å². The second kappa shape index (κ2) is 17.3. The summed E-state index contributed by atoms with van der Waals surface area (Å²) in [7, 11) is 1.66. The number of hydroxylamine groups is 1. The first-order chi connectivity index (χ1) is 17.9. The minimum absolute atomic E-state index is 0.0821.